The topological polar surface area (TPSA) is 51.6 Å². The van der Waals surface area contributed by atoms with Crippen molar-refractivity contribution in [2.24, 2.45) is 0 Å². The summed E-state index contributed by atoms with van der Waals surface area (Å²) in [4.78, 5) is 18.9. The molecule has 3 heterocycles. The van der Waals surface area contributed by atoms with Crippen molar-refractivity contribution in [1.82, 2.24) is 19.9 Å². The lowest BCUT2D eigenvalue weighted by Crippen LogP contribution is -2.01. The number of hydrogen-bond donors (Lipinski definition) is 0. The standard InChI is InChI=1S/C50H46N4/c1-7-18-46(49(43-27-17-30-52-34-43)45-28-13-12-19-36(45)4)44(8-2)38(6)35(3)20-14-21-37(5)50-53-47(39-22-10-9-11-23-39)32-48(54-50)41-25-15-24-40(31-41)42-26-16-29-51-33-42/h7-10,12-22,24-34H,2,5,11,23H2,1,3-4,6H3/b18-7-,21-14-,35-20+,44-38+,49-46-. The molecule has 54 heavy (non-hydrogen) atoms. The van der Waals surface area contributed by atoms with Crippen molar-refractivity contribution in [3.8, 4) is 22.4 Å². The van der Waals surface area contributed by atoms with Gasteiger partial charge in [-0.2, -0.15) is 0 Å². The van der Waals surface area contributed by atoms with Gasteiger partial charge in [0.2, 0.25) is 0 Å². The predicted octanol–water partition coefficient (Wildman–Crippen LogP) is 12.7. The first-order valence-corrected chi connectivity index (χ1v) is 18.4. The molecule has 5 aromatic rings. The monoisotopic (exact) mass is 702 g/mol. The highest BCUT2D eigenvalue weighted by Gasteiger charge is 2.17. The van der Waals surface area contributed by atoms with Gasteiger partial charge in [-0.05, 0) is 115 Å². The van der Waals surface area contributed by atoms with E-state index in [1.165, 1.54) is 11.1 Å². The molecule has 0 spiro atoms. The number of hydrogen-bond acceptors (Lipinski definition) is 4. The summed E-state index contributed by atoms with van der Waals surface area (Å²) < 4.78 is 0. The number of benzene rings is 2. The number of aromatic nitrogens is 4. The molecule has 3 aromatic heterocycles. The third-order valence-electron chi connectivity index (χ3n) is 9.61. The molecule has 0 unspecified atom stereocenters. The molecule has 1 aliphatic rings. The molecule has 0 fully saturated rings. The van der Waals surface area contributed by atoms with Crippen LogP contribution in [0.4, 0.5) is 0 Å². The maximum Gasteiger partial charge on any atom is 0.159 e. The molecular formula is C50H46N4. The summed E-state index contributed by atoms with van der Waals surface area (Å²) in [5.41, 5.74) is 15.8. The van der Waals surface area contributed by atoms with E-state index in [-0.39, 0.29) is 0 Å². The molecule has 0 saturated heterocycles. The number of aryl methyl sites for hydroxylation is 1. The van der Waals surface area contributed by atoms with E-state index in [1.807, 2.05) is 55.9 Å². The first-order chi connectivity index (χ1) is 26.4. The first kappa shape index (κ1) is 37.2. The van der Waals surface area contributed by atoms with E-state index < -0.39 is 0 Å². The van der Waals surface area contributed by atoms with E-state index in [1.54, 1.807) is 6.20 Å². The van der Waals surface area contributed by atoms with Gasteiger partial charge in [0.05, 0.1) is 11.4 Å². The number of pyridine rings is 2. The fourth-order valence-electron chi connectivity index (χ4n) is 6.59. The molecule has 0 atom stereocenters. The van der Waals surface area contributed by atoms with Crippen LogP contribution >= 0.6 is 0 Å². The molecule has 0 N–H and O–H groups in total. The third kappa shape index (κ3) is 8.74. The van der Waals surface area contributed by atoms with Gasteiger partial charge in [-0.15, -0.1) is 0 Å². The van der Waals surface area contributed by atoms with Crippen molar-refractivity contribution in [2.45, 2.75) is 40.5 Å². The smallest absolute Gasteiger partial charge is 0.159 e. The van der Waals surface area contributed by atoms with Crippen LogP contribution < -0.4 is 0 Å². The van der Waals surface area contributed by atoms with E-state index in [2.05, 4.69) is 147 Å². The van der Waals surface area contributed by atoms with Crippen molar-refractivity contribution in [2.75, 3.05) is 0 Å². The molecule has 0 amide bonds. The van der Waals surface area contributed by atoms with Crippen LogP contribution in [0.1, 0.15) is 61.8 Å². The molecular weight excluding hydrogens is 657 g/mol. The Balaban J connectivity index is 1.37. The van der Waals surface area contributed by atoms with E-state index in [4.69, 9.17) is 9.97 Å². The zero-order chi connectivity index (χ0) is 37.9. The maximum absolute atomic E-state index is 5.05. The highest BCUT2D eigenvalue weighted by molar-refractivity contribution is 5.88. The molecule has 2 aromatic carbocycles. The van der Waals surface area contributed by atoms with Crippen molar-refractivity contribution >= 4 is 16.7 Å². The van der Waals surface area contributed by atoms with Crippen LogP contribution in [-0.4, -0.2) is 19.9 Å². The number of rotatable bonds is 12. The first-order valence-electron chi connectivity index (χ1n) is 18.4. The summed E-state index contributed by atoms with van der Waals surface area (Å²) in [6.45, 7) is 17.2. The minimum absolute atomic E-state index is 0.601. The minimum atomic E-state index is 0.601. The molecule has 0 saturated carbocycles. The third-order valence-corrected chi connectivity index (χ3v) is 9.61. The second-order valence-corrected chi connectivity index (χ2v) is 13.3. The average molecular weight is 703 g/mol. The molecule has 6 rings (SSSR count). The Labute approximate surface area is 320 Å². The van der Waals surface area contributed by atoms with E-state index in [0.29, 0.717) is 5.82 Å². The second-order valence-electron chi connectivity index (χ2n) is 13.3. The summed E-state index contributed by atoms with van der Waals surface area (Å²) in [6.07, 6.45) is 28.1. The van der Waals surface area contributed by atoms with Crippen LogP contribution in [0.3, 0.4) is 0 Å². The zero-order valence-electron chi connectivity index (χ0n) is 31.6. The quantitative estimate of drug-likeness (QED) is 0.121. The largest absolute Gasteiger partial charge is 0.264 e. The molecule has 0 bridgehead atoms. The fourth-order valence-corrected chi connectivity index (χ4v) is 6.59. The predicted molar refractivity (Wildman–Crippen MR) is 228 cm³/mol. The summed E-state index contributed by atoms with van der Waals surface area (Å²) in [7, 11) is 0. The average Bonchev–Trinajstić information content (AvgIpc) is 3.22. The summed E-state index contributed by atoms with van der Waals surface area (Å²) in [5, 5.41) is 0. The van der Waals surface area contributed by atoms with Crippen molar-refractivity contribution < 1.29 is 0 Å². The van der Waals surface area contributed by atoms with E-state index >= 15 is 0 Å². The van der Waals surface area contributed by atoms with Gasteiger partial charge >= 0.3 is 0 Å². The van der Waals surface area contributed by atoms with Crippen LogP contribution in [-0.2, 0) is 0 Å². The maximum atomic E-state index is 5.05. The van der Waals surface area contributed by atoms with Crippen molar-refractivity contribution in [3.63, 3.8) is 0 Å². The van der Waals surface area contributed by atoms with Gasteiger partial charge in [0.25, 0.3) is 0 Å². The summed E-state index contributed by atoms with van der Waals surface area (Å²) >= 11 is 0. The lowest BCUT2D eigenvalue weighted by molar-refractivity contribution is 1.02. The Morgan fingerprint density at radius 2 is 1.54 bits per heavy atom. The van der Waals surface area contributed by atoms with Crippen molar-refractivity contribution in [1.29, 1.82) is 0 Å². The van der Waals surface area contributed by atoms with Gasteiger partial charge in [-0.3, -0.25) is 9.97 Å². The van der Waals surface area contributed by atoms with E-state index in [0.717, 1.165) is 85.5 Å². The molecule has 4 nitrogen and oxygen atoms in total. The molecule has 0 radical (unpaired) electrons. The lowest BCUT2D eigenvalue weighted by atomic mass is 9.85. The van der Waals surface area contributed by atoms with Gasteiger partial charge in [0.1, 0.15) is 0 Å². The number of allylic oxidation sites excluding steroid dienone is 15. The second kappa shape index (κ2) is 17.8. The van der Waals surface area contributed by atoms with Crippen LogP contribution in [0.5, 0.6) is 0 Å². The lowest BCUT2D eigenvalue weighted by Gasteiger charge is -2.19. The Kier molecular flexibility index (Phi) is 12.3. The highest BCUT2D eigenvalue weighted by Crippen LogP contribution is 2.36. The Bertz CT molecular complexity index is 2380. The van der Waals surface area contributed by atoms with Crippen LogP contribution in [0.25, 0.3) is 39.1 Å². The SMILES string of the molecule is C=CC(=C(C)\C(C)=C\C=C/C(=C)c1nc(C2=CC=CCC2)cc(-c2cccc(-c3cccnc3)c2)n1)/C(/C=C\C)=C(/c1cccnc1)c1ccccc1C. The Morgan fingerprint density at radius 1 is 0.778 bits per heavy atom. The van der Waals surface area contributed by atoms with Gasteiger partial charge in [0, 0.05) is 47.1 Å². The fraction of sp³-hybridized carbons (Fsp3) is 0.120. The Hall–Kier alpha value is -6.52. The van der Waals surface area contributed by atoms with Gasteiger partial charge < -0.3 is 0 Å². The molecule has 0 aliphatic heterocycles. The Morgan fingerprint density at radius 3 is 2.24 bits per heavy atom. The number of nitrogens with zero attached hydrogens (tertiary/aromatic N) is 4. The minimum Gasteiger partial charge on any atom is -0.264 e. The van der Waals surface area contributed by atoms with Crippen LogP contribution in [0, 0.1) is 6.92 Å². The van der Waals surface area contributed by atoms with Gasteiger partial charge in [0.15, 0.2) is 5.82 Å². The van der Waals surface area contributed by atoms with Gasteiger partial charge in [-0.25, -0.2) is 9.97 Å². The molecule has 266 valence electrons. The summed E-state index contributed by atoms with van der Waals surface area (Å²) in [6, 6.07) is 27.1. The highest BCUT2D eigenvalue weighted by atomic mass is 14.9. The molecule has 1 aliphatic carbocycles. The summed E-state index contributed by atoms with van der Waals surface area (Å²) in [5.74, 6) is 0.601. The van der Waals surface area contributed by atoms with Crippen molar-refractivity contribution in [3.05, 3.63) is 222 Å². The van der Waals surface area contributed by atoms with Crippen LogP contribution in [0.15, 0.2) is 194 Å². The van der Waals surface area contributed by atoms with Crippen LogP contribution in [0.2, 0.25) is 0 Å². The van der Waals surface area contributed by atoms with Gasteiger partial charge in [-0.1, -0.05) is 122 Å². The molecule has 4 heteroatoms. The zero-order valence-corrected chi connectivity index (χ0v) is 31.6. The van der Waals surface area contributed by atoms with E-state index in [9.17, 15) is 0 Å². The normalized spacial score (nSPS) is 14.1.